The van der Waals surface area contributed by atoms with Crippen molar-refractivity contribution < 1.29 is 0 Å². The average molecular weight is 331 g/mol. The quantitative estimate of drug-likeness (QED) is 0.606. The number of nitrogens with zero attached hydrogens (tertiary/aromatic N) is 2. The summed E-state index contributed by atoms with van der Waals surface area (Å²) >= 11 is 12.7. The number of pyridine rings is 2. The molecule has 0 saturated heterocycles. The van der Waals surface area contributed by atoms with E-state index in [9.17, 15) is 0 Å². The van der Waals surface area contributed by atoms with Crippen LogP contribution in [0.25, 0.3) is 22.3 Å². The molecule has 0 spiro atoms. The van der Waals surface area contributed by atoms with E-state index in [0.29, 0.717) is 16.0 Å². The summed E-state index contributed by atoms with van der Waals surface area (Å²) < 4.78 is 0. The Morgan fingerprint density at radius 1 is 1.00 bits per heavy atom. The summed E-state index contributed by atoms with van der Waals surface area (Å²) in [5.74, 6) is 0.488. The zero-order chi connectivity index (χ0) is 15.7. The summed E-state index contributed by atoms with van der Waals surface area (Å²) in [6.07, 6.45) is 2.63. The molecule has 0 amide bonds. The molecule has 22 heavy (non-hydrogen) atoms. The van der Waals surface area contributed by atoms with Gasteiger partial charge in [0.25, 0.3) is 0 Å². The van der Waals surface area contributed by atoms with Gasteiger partial charge in [-0.25, -0.2) is 4.98 Å². The van der Waals surface area contributed by atoms with Crippen LogP contribution in [0, 0.1) is 5.92 Å². The number of halogens is 2. The van der Waals surface area contributed by atoms with E-state index in [-0.39, 0.29) is 0 Å². The molecule has 0 atom stereocenters. The van der Waals surface area contributed by atoms with Crippen molar-refractivity contribution in [2.24, 2.45) is 5.92 Å². The van der Waals surface area contributed by atoms with E-state index in [0.717, 1.165) is 34.3 Å². The Bertz CT molecular complexity index is 814. The normalized spacial score (nSPS) is 11.3. The molecule has 0 unspecified atom stereocenters. The maximum atomic E-state index is 6.41. The third-order valence-corrected chi connectivity index (χ3v) is 4.17. The number of rotatable bonds is 3. The second-order valence-electron chi connectivity index (χ2n) is 5.72. The largest absolute Gasteiger partial charge is 0.255 e. The fourth-order valence-electron chi connectivity index (χ4n) is 2.53. The van der Waals surface area contributed by atoms with Crippen molar-refractivity contribution in [3.63, 3.8) is 0 Å². The lowest BCUT2D eigenvalue weighted by atomic mass is 9.99. The van der Waals surface area contributed by atoms with Gasteiger partial charge in [-0.2, -0.15) is 0 Å². The van der Waals surface area contributed by atoms with Crippen LogP contribution in [0.1, 0.15) is 19.4 Å². The Kier molecular flexibility index (Phi) is 4.32. The van der Waals surface area contributed by atoms with Crippen molar-refractivity contribution in [2.45, 2.75) is 20.3 Å². The minimum absolute atomic E-state index is 0.488. The Hall–Kier alpha value is -1.64. The molecule has 0 bridgehead atoms. The second-order valence-corrected chi connectivity index (χ2v) is 6.54. The molecule has 0 aliphatic heterocycles. The van der Waals surface area contributed by atoms with Gasteiger partial charge in [-0.05, 0) is 48.2 Å². The summed E-state index contributed by atoms with van der Waals surface area (Å²) in [6, 6.07) is 11.5. The first kappa shape index (κ1) is 15.3. The zero-order valence-electron chi connectivity index (χ0n) is 12.5. The van der Waals surface area contributed by atoms with Crippen molar-refractivity contribution in [2.75, 3.05) is 0 Å². The van der Waals surface area contributed by atoms with E-state index in [2.05, 4.69) is 18.8 Å². The van der Waals surface area contributed by atoms with Gasteiger partial charge in [-0.1, -0.05) is 43.1 Å². The summed E-state index contributed by atoms with van der Waals surface area (Å²) in [5.41, 5.74) is 3.59. The summed E-state index contributed by atoms with van der Waals surface area (Å²) in [5, 5.41) is 2.24. The van der Waals surface area contributed by atoms with Gasteiger partial charge in [-0.3, -0.25) is 4.98 Å². The van der Waals surface area contributed by atoms with E-state index >= 15 is 0 Å². The van der Waals surface area contributed by atoms with Crippen LogP contribution in [0.15, 0.2) is 42.6 Å². The summed E-state index contributed by atoms with van der Waals surface area (Å²) in [6.45, 7) is 4.33. The SMILES string of the molecule is CC(C)Cc1c(Cl)cc(Cl)c2ccc(-c3ccccn3)nc12. The predicted molar refractivity (Wildman–Crippen MR) is 93.5 cm³/mol. The minimum Gasteiger partial charge on any atom is -0.255 e. The van der Waals surface area contributed by atoms with Crippen molar-refractivity contribution >= 4 is 34.1 Å². The van der Waals surface area contributed by atoms with Crippen LogP contribution in [-0.2, 0) is 6.42 Å². The number of benzene rings is 1. The first-order valence-corrected chi connectivity index (χ1v) is 8.01. The highest BCUT2D eigenvalue weighted by Crippen LogP contribution is 2.34. The maximum Gasteiger partial charge on any atom is 0.0894 e. The van der Waals surface area contributed by atoms with Gasteiger partial charge in [0.2, 0.25) is 0 Å². The molecule has 0 aliphatic carbocycles. The number of fused-ring (bicyclic) bond motifs is 1. The van der Waals surface area contributed by atoms with Gasteiger partial charge in [0.05, 0.1) is 21.9 Å². The third kappa shape index (κ3) is 2.94. The van der Waals surface area contributed by atoms with Crippen LogP contribution in [0.2, 0.25) is 10.0 Å². The summed E-state index contributed by atoms with van der Waals surface area (Å²) in [7, 11) is 0. The lowest BCUT2D eigenvalue weighted by Gasteiger charge is -2.13. The highest BCUT2D eigenvalue weighted by Gasteiger charge is 2.14. The Balaban J connectivity index is 2.25. The van der Waals surface area contributed by atoms with Crippen LogP contribution in [-0.4, -0.2) is 9.97 Å². The maximum absolute atomic E-state index is 6.41. The molecule has 4 heteroatoms. The average Bonchev–Trinajstić information content (AvgIpc) is 2.51. The molecule has 2 aromatic heterocycles. The highest BCUT2D eigenvalue weighted by molar-refractivity contribution is 6.39. The van der Waals surface area contributed by atoms with Gasteiger partial charge < -0.3 is 0 Å². The van der Waals surface area contributed by atoms with Crippen molar-refractivity contribution in [1.82, 2.24) is 9.97 Å². The molecule has 0 N–H and O–H groups in total. The molecule has 0 saturated carbocycles. The van der Waals surface area contributed by atoms with E-state index in [4.69, 9.17) is 28.2 Å². The molecule has 3 rings (SSSR count). The smallest absolute Gasteiger partial charge is 0.0894 e. The van der Waals surface area contributed by atoms with Gasteiger partial charge in [0.15, 0.2) is 0 Å². The van der Waals surface area contributed by atoms with Crippen LogP contribution >= 0.6 is 23.2 Å². The van der Waals surface area contributed by atoms with Gasteiger partial charge in [0.1, 0.15) is 0 Å². The monoisotopic (exact) mass is 330 g/mol. The molecule has 112 valence electrons. The number of aromatic nitrogens is 2. The van der Waals surface area contributed by atoms with Crippen LogP contribution in [0.5, 0.6) is 0 Å². The van der Waals surface area contributed by atoms with Crippen molar-refractivity contribution in [3.05, 3.63) is 58.2 Å². The Morgan fingerprint density at radius 3 is 2.50 bits per heavy atom. The lowest BCUT2D eigenvalue weighted by molar-refractivity contribution is 0.649. The Morgan fingerprint density at radius 2 is 1.82 bits per heavy atom. The van der Waals surface area contributed by atoms with E-state index in [1.807, 2.05) is 36.4 Å². The molecular formula is C18H16Cl2N2. The van der Waals surface area contributed by atoms with Gasteiger partial charge in [-0.15, -0.1) is 0 Å². The molecule has 3 aromatic rings. The second kappa shape index (κ2) is 6.23. The van der Waals surface area contributed by atoms with E-state index in [1.54, 1.807) is 6.20 Å². The van der Waals surface area contributed by atoms with Crippen molar-refractivity contribution in [1.29, 1.82) is 0 Å². The van der Waals surface area contributed by atoms with Crippen LogP contribution in [0.4, 0.5) is 0 Å². The molecule has 0 fully saturated rings. The molecule has 0 aliphatic rings. The Labute approximate surface area is 140 Å². The zero-order valence-corrected chi connectivity index (χ0v) is 14.0. The fraction of sp³-hybridized carbons (Fsp3) is 0.222. The van der Waals surface area contributed by atoms with Crippen LogP contribution in [0.3, 0.4) is 0 Å². The molecular weight excluding hydrogens is 315 g/mol. The summed E-state index contributed by atoms with van der Waals surface area (Å²) in [4.78, 5) is 9.15. The van der Waals surface area contributed by atoms with Crippen LogP contribution < -0.4 is 0 Å². The van der Waals surface area contributed by atoms with E-state index < -0.39 is 0 Å². The van der Waals surface area contributed by atoms with Crippen molar-refractivity contribution in [3.8, 4) is 11.4 Å². The fourth-order valence-corrected chi connectivity index (χ4v) is 3.12. The number of hydrogen-bond donors (Lipinski definition) is 0. The van der Waals surface area contributed by atoms with E-state index in [1.165, 1.54) is 0 Å². The first-order chi connectivity index (χ1) is 10.6. The topological polar surface area (TPSA) is 25.8 Å². The third-order valence-electron chi connectivity index (χ3n) is 3.52. The molecule has 2 heterocycles. The standard InChI is InChI=1S/C18H16Cl2N2/c1-11(2)9-13-15(20)10-14(19)12-6-7-17(22-18(12)13)16-5-3-4-8-21-16/h3-8,10-11H,9H2,1-2H3. The molecule has 0 radical (unpaired) electrons. The number of hydrogen-bond acceptors (Lipinski definition) is 2. The predicted octanol–water partition coefficient (Wildman–Crippen LogP) is 5.80. The first-order valence-electron chi connectivity index (χ1n) is 7.25. The minimum atomic E-state index is 0.488. The van der Waals surface area contributed by atoms with Gasteiger partial charge in [0, 0.05) is 16.6 Å². The highest BCUT2D eigenvalue weighted by atomic mass is 35.5. The molecule has 2 nitrogen and oxygen atoms in total. The molecule has 1 aromatic carbocycles. The van der Waals surface area contributed by atoms with Gasteiger partial charge >= 0.3 is 0 Å². The lowest BCUT2D eigenvalue weighted by Crippen LogP contribution is -1.99.